The first kappa shape index (κ1) is 13.2. The van der Waals surface area contributed by atoms with Crippen LogP contribution < -0.4 is 0 Å². The summed E-state index contributed by atoms with van der Waals surface area (Å²) >= 11 is 3.14. The molecule has 18 heavy (non-hydrogen) atoms. The third-order valence-corrected chi connectivity index (χ3v) is 3.26. The van der Waals surface area contributed by atoms with Crippen molar-refractivity contribution < 1.29 is 13.9 Å². The Balaban J connectivity index is 2.41. The molecule has 2 aromatic carbocycles. The second-order valence-electron chi connectivity index (χ2n) is 4.08. The number of benzene rings is 2. The highest BCUT2D eigenvalue weighted by molar-refractivity contribution is 9.10. The van der Waals surface area contributed by atoms with E-state index in [1.807, 2.05) is 0 Å². The Kier molecular flexibility index (Phi) is 3.78. The molecule has 0 aliphatic heterocycles. The molecule has 1 atom stereocenters. The van der Waals surface area contributed by atoms with Crippen molar-refractivity contribution in [3.05, 3.63) is 69.2 Å². The molecule has 0 saturated heterocycles. The van der Waals surface area contributed by atoms with Crippen LogP contribution in [0.15, 0.2) is 40.9 Å². The van der Waals surface area contributed by atoms with Gasteiger partial charge >= 0.3 is 0 Å². The molecule has 0 spiro atoms. The average Bonchev–Trinajstić information content (AvgIpc) is 2.32. The normalized spacial score (nSPS) is 12.5. The molecule has 0 aliphatic carbocycles. The highest BCUT2D eigenvalue weighted by Crippen LogP contribution is 2.27. The monoisotopic (exact) mass is 312 g/mol. The van der Waals surface area contributed by atoms with Gasteiger partial charge in [0, 0.05) is 10.0 Å². The van der Waals surface area contributed by atoms with Crippen molar-refractivity contribution in [1.29, 1.82) is 0 Å². The fourth-order valence-corrected chi connectivity index (χ4v) is 2.02. The molecule has 94 valence electrons. The summed E-state index contributed by atoms with van der Waals surface area (Å²) in [6, 6.07) is 8.74. The van der Waals surface area contributed by atoms with Crippen LogP contribution in [0.1, 0.15) is 22.8 Å². The Bertz CT molecular complexity index is 584. The lowest BCUT2D eigenvalue weighted by Gasteiger charge is -2.13. The number of aliphatic hydroxyl groups is 1. The molecule has 0 saturated carbocycles. The minimum absolute atomic E-state index is 0.126. The van der Waals surface area contributed by atoms with Crippen LogP contribution in [0.2, 0.25) is 0 Å². The molecule has 2 rings (SSSR count). The summed E-state index contributed by atoms with van der Waals surface area (Å²) in [7, 11) is 0. The third kappa shape index (κ3) is 2.60. The van der Waals surface area contributed by atoms with E-state index in [4.69, 9.17) is 0 Å². The fourth-order valence-electron chi connectivity index (χ4n) is 1.68. The van der Waals surface area contributed by atoms with Gasteiger partial charge in [-0.15, -0.1) is 0 Å². The lowest BCUT2D eigenvalue weighted by atomic mass is 10.00. The van der Waals surface area contributed by atoms with Crippen molar-refractivity contribution in [1.82, 2.24) is 0 Å². The van der Waals surface area contributed by atoms with E-state index in [9.17, 15) is 13.9 Å². The van der Waals surface area contributed by atoms with Crippen LogP contribution in [0.5, 0.6) is 0 Å². The largest absolute Gasteiger partial charge is 0.384 e. The highest BCUT2D eigenvalue weighted by atomic mass is 79.9. The Morgan fingerprint density at radius 1 is 1.06 bits per heavy atom. The first-order valence-electron chi connectivity index (χ1n) is 5.38. The van der Waals surface area contributed by atoms with Gasteiger partial charge < -0.3 is 5.11 Å². The van der Waals surface area contributed by atoms with Gasteiger partial charge in [0.2, 0.25) is 0 Å². The van der Waals surface area contributed by atoms with Gasteiger partial charge in [0.25, 0.3) is 0 Å². The summed E-state index contributed by atoms with van der Waals surface area (Å²) in [5.74, 6) is -0.943. The number of halogens is 3. The molecule has 1 unspecified atom stereocenters. The van der Waals surface area contributed by atoms with Gasteiger partial charge in [-0.1, -0.05) is 34.1 Å². The molecular weight excluding hydrogens is 302 g/mol. The second kappa shape index (κ2) is 5.16. The molecule has 0 amide bonds. The summed E-state index contributed by atoms with van der Waals surface area (Å²) in [6.07, 6.45) is -1.17. The minimum atomic E-state index is -1.17. The topological polar surface area (TPSA) is 20.2 Å². The number of hydrogen-bond donors (Lipinski definition) is 1. The summed E-state index contributed by atoms with van der Waals surface area (Å²) < 4.78 is 27.7. The van der Waals surface area contributed by atoms with E-state index in [1.54, 1.807) is 25.1 Å². The summed E-state index contributed by atoms with van der Waals surface area (Å²) in [4.78, 5) is 0. The van der Waals surface area contributed by atoms with E-state index >= 15 is 0 Å². The van der Waals surface area contributed by atoms with Crippen molar-refractivity contribution in [3.8, 4) is 0 Å². The highest BCUT2D eigenvalue weighted by Gasteiger charge is 2.16. The van der Waals surface area contributed by atoms with E-state index in [0.717, 1.165) is 0 Å². The standard InChI is InChI=1S/C14H11BrF2O/c1-8-2-3-9(6-12(8)16)14(18)11-5-4-10(15)7-13(11)17/h2-7,14,18H,1H3. The van der Waals surface area contributed by atoms with E-state index in [1.165, 1.54) is 18.2 Å². The van der Waals surface area contributed by atoms with E-state index in [0.29, 0.717) is 15.6 Å². The molecule has 2 aromatic rings. The zero-order valence-electron chi connectivity index (χ0n) is 9.62. The molecule has 4 heteroatoms. The minimum Gasteiger partial charge on any atom is -0.384 e. The van der Waals surface area contributed by atoms with Gasteiger partial charge in [-0.05, 0) is 36.2 Å². The third-order valence-electron chi connectivity index (χ3n) is 2.77. The van der Waals surface area contributed by atoms with E-state index in [-0.39, 0.29) is 5.56 Å². The molecule has 1 nitrogen and oxygen atoms in total. The number of aryl methyl sites for hydroxylation is 1. The van der Waals surface area contributed by atoms with E-state index < -0.39 is 17.7 Å². The predicted molar refractivity (Wildman–Crippen MR) is 69.3 cm³/mol. The van der Waals surface area contributed by atoms with Crippen molar-refractivity contribution in [2.45, 2.75) is 13.0 Å². The van der Waals surface area contributed by atoms with Crippen molar-refractivity contribution in [2.24, 2.45) is 0 Å². The van der Waals surface area contributed by atoms with Crippen molar-refractivity contribution >= 4 is 15.9 Å². The molecule has 0 fully saturated rings. The first-order chi connectivity index (χ1) is 8.49. The zero-order valence-corrected chi connectivity index (χ0v) is 11.2. The summed E-state index contributed by atoms with van der Waals surface area (Å²) in [6.45, 7) is 1.63. The van der Waals surface area contributed by atoms with Gasteiger partial charge in [-0.3, -0.25) is 0 Å². The molecule has 0 heterocycles. The van der Waals surface area contributed by atoms with Crippen LogP contribution in [0.3, 0.4) is 0 Å². The Labute approximate surface area is 112 Å². The number of hydrogen-bond acceptors (Lipinski definition) is 1. The van der Waals surface area contributed by atoms with Crippen LogP contribution in [-0.4, -0.2) is 5.11 Å². The fraction of sp³-hybridized carbons (Fsp3) is 0.143. The SMILES string of the molecule is Cc1ccc(C(O)c2ccc(Br)cc2F)cc1F. The van der Waals surface area contributed by atoms with Gasteiger partial charge in [0.15, 0.2) is 0 Å². The maximum absolute atomic E-state index is 13.7. The smallest absolute Gasteiger partial charge is 0.130 e. The maximum atomic E-state index is 13.7. The maximum Gasteiger partial charge on any atom is 0.130 e. The van der Waals surface area contributed by atoms with Crippen LogP contribution in [0.25, 0.3) is 0 Å². The Hall–Kier alpha value is -1.26. The second-order valence-corrected chi connectivity index (χ2v) is 4.99. The molecule has 0 bridgehead atoms. The number of rotatable bonds is 2. The van der Waals surface area contributed by atoms with Crippen LogP contribution in [0, 0.1) is 18.6 Å². The van der Waals surface area contributed by atoms with Crippen LogP contribution >= 0.6 is 15.9 Å². The lowest BCUT2D eigenvalue weighted by molar-refractivity contribution is 0.214. The van der Waals surface area contributed by atoms with E-state index in [2.05, 4.69) is 15.9 Å². The summed E-state index contributed by atoms with van der Waals surface area (Å²) in [5.41, 5.74) is 0.947. The molecule has 0 aromatic heterocycles. The Morgan fingerprint density at radius 3 is 2.39 bits per heavy atom. The van der Waals surface area contributed by atoms with Crippen molar-refractivity contribution in [2.75, 3.05) is 0 Å². The average molecular weight is 313 g/mol. The van der Waals surface area contributed by atoms with Crippen LogP contribution in [0.4, 0.5) is 8.78 Å². The molecule has 1 N–H and O–H groups in total. The summed E-state index contributed by atoms with van der Waals surface area (Å²) in [5, 5.41) is 10.1. The van der Waals surface area contributed by atoms with Gasteiger partial charge in [-0.2, -0.15) is 0 Å². The van der Waals surface area contributed by atoms with Gasteiger partial charge in [-0.25, -0.2) is 8.78 Å². The lowest BCUT2D eigenvalue weighted by Crippen LogP contribution is -2.03. The molecule has 0 aliphatic rings. The predicted octanol–water partition coefficient (Wildman–Crippen LogP) is 4.12. The first-order valence-corrected chi connectivity index (χ1v) is 6.17. The Morgan fingerprint density at radius 2 is 1.78 bits per heavy atom. The van der Waals surface area contributed by atoms with Crippen molar-refractivity contribution in [3.63, 3.8) is 0 Å². The molecular formula is C14H11BrF2O. The van der Waals surface area contributed by atoms with Gasteiger partial charge in [0.1, 0.15) is 17.7 Å². The zero-order chi connectivity index (χ0) is 13.3. The number of aliphatic hydroxyl groups excluding tert-OH is 1. The molecule has 0 radical (unpaired) electrons. The quantitative estimate of drug-likeness (QED) is 0.884. The van der Waals surface area contributed by atoms with Gasteiger partial charge in [0.05, 0.1) is 0 Å². The van der Waals surface area contributed by atoms with Crippen LogP contribution in [-0.2, 0) is 0 Å².